The quantitative estimate of drug-likeness (QED) is 0.357. The van der Waals surface area contributed by atoms with Gasteiger partial charge in [-0.05, 0) is 41.8 Å². The van der Waals surface area contributed by atoms with Crippen LogP contribution < -0.4 is 19.1 Å². The molecule has 0 radical (unpaired) electrons. The van der Waals surface area contributed by atoms with Crippen LogP contribution in [0, 0.1) is 0 Å². The first-order valence-corrected chi connectivity index (χ1v) is 13.2. The lowest BCUT2D eigenvalue weighted by Crippen LogP contribution is -2.51. The van der Waals surface area contributed by atoms with Gasteiger partial charge in [-0.3, -0.25) is 9.10 Å². The fraction of sp³-hybridized carbons (Fsp3) is 0.148. The maximum Gasteiger partial charge on any atom is 0.264 e. The third-order valence-electron chi connectivity index (χ3n) is 5.82. The van der Waals surface area contributed by atoms with Crippen molar-refractivity contribution in [1.29, 1.82) is 0 Å². The molecule has 0 fully saturated rings. The minimum atomic E-state index is -3.95. The van der Waals surface area contributed by atoms with Gasteiger partial charge in [0.25, 0.3) is 15.9 Å². The minimum Gasteiger partial charge on any atom is -0.491 e. The van der Waals surface area contributed by atoms with Crippen LogP contribution in [-0.4, -0.2) is 40.1 Å². The predicted molar refractivity (Wildman–Crippen MR) is 139 cm³/mol. The molecule has 0 bridgehead atoms. The first kappa shape index (κ1) is 24.0. The van der Waals surface area contributed by atoms with E-state index in [1.807, 2.05) is 42.5 Å². The highest BCUT2D eigenvalue weighted by Gasteiger charge is 2.37. The number of amides is 1. The second kappa shape index (κ2) is 10.1. The summed E-state index contributed by atoms with van der Waals surface area (Å²) in [5, 5.41) is 5.20. The molecule has 7 nitrogen and oxygen atoms in total. The number of ether oxygens (including phenoxy) is 2. The van der Waals surface area contributed by atoms with E-state index >= 15 is 0 Å². The average molecular weight is 523 g/mol. The van der Waals surface area contributed by atoms with E-state index in [-0.39, 0.29) is 36.0 Å². The number of nitrogens with one attached hydrogen (secondary N) is 1. The summed E-state index contributed by atoms with van der Waals surface area (Å²) >= 11 is 6.14. The Morgan fingerprint density at radius 3 is 2.58 bits per heavy atom. The summed E-state index contributed by atoms with van der Waals surface area (Å²) < 4.78 is 39.8. The normalized spacial score (nSPS) is 15.1. The van der Waals surface area contributed by atoms with Crippen molar-refractivity contribution in [2.45, 2.75) is 11.0 Å². The van der Waals surface area contributed by atoms with Gasteiger partial charge < -0.3 is 14.8 Å². The van der Waals surface area contributed by atoms with Crippen molar-refractivity contribution >= 4 is 44.0 Å². The number of fused-ring (bicyclic) bond motifs is 2. The number of carbonyl (C=O) groups is 1. The van der Waals surface area contributed by atoms with E-state index in [0.29, 0.717) is 5.02 Å². The Morgan fingerprint density at radius 2 is 1.75 bits per heavy atom. The largest absolute Gasteiger partial charge is 0.491 e. The van der Waals surface area contributed by atoms with Crippen molar-refractivity contribution in [3.63, 3.8) is 0 Å². The molecule has 0 saturated heterocycles. The van der Waals surface area contributed by atoms with Crippen molar-refractivity contribution in [3.8, 4) is 11.5 Å². The summed E-state index contributed by atoms with van der Waals surface area (Å²) in [5.41, 5.74) is 0.287. The maximum absolute atomic E-state index is 13.4. The molecule has 5 rings (SSSR count). The van der Waals surface area contributed by atoms with Gasteiger partial charge in [-0.25, -0.2) is 8.42 Å². The molecular weight excluding hydrogens is 500 g/mol. The van der Waals surface area contributed by atoms with Crippen LogP contribution in [0.25, 0.3) is 10.8 Å². The van der Waals surface area contributed by atoms with Gasteiger partial charge in [0.05, 0.1) is 23.7 Å². The fourth-order valence-corrected chi connectivity index (χ4v) is 5.73. The molecule has 4 aromatic carbocycles. The van der Waals surface area contributed by atoms with Crippen LogP contribution in [0.2, 0.25) is 5.02 Å². The number of sulfonamides is 1. The van der Waals surface area contributed by atoms with Gasteiger partial charge in [-0.15, -0.1) is 0 Å². The van der Waals surface area contributed by atoms with Crippen molar-refractivity contribution in [2.75, 3.05) is 24.0 Å². The summed E-state index contributed by atoms with van der Waals surface area (Å²) in [6.45, 7) is 0.270. The smallest absolute Gasteiger partial charge is 0.264 e. The molecule has 0 aromatic heterocycles. The molecule has 1 atom stereocenters. The summed E-state index contributed by atoms with van der Waals surface area (Å²) in [5.74, 6) is 0.546. The van der Waals surface area contributed by atoms with Crippen molar-refractivity contribution < 1.29 is 22.7 Å². The lowest BCUT2D eigenvalue weighted by Gasteiger charge is -2.34. The van der Waals surface area contributed by atoms with Crippen LogP contribution in [0.1, 0.15) is 0 Å². The van der Waals surface area contributed by atoms with E-state index in [0.717, 1.165) is 16.5 Å². The highest BCUT2D eigenvalue weighted by Crippen LogP contribution is 2.38. The topological polar surface area (TPSA) is 84.9 Å². The molecule has 1 heterocycles. The molecule has 1 aliphatic heterocycles. The van der Waals surface area contributed by atoms with E-state index in [2.05, 4.69) is 5.32 Å². The predicted octanol–water partition coefficient (Wildman–Crippen LogP) is 4.64. The monoisotopic (exact) mass is 522 g/mol. The average Bonchev–Trinajstić information content (AvgIpc) is 2.91. The fourth-order valence-electron chi connectivity index (χ4n) is 4.08. The number of hydrogen-bond donors (Lipinski definition) is 1. The second-order valence-electron chi connectivity index (χ2n) is 8.18. The molecule has 0 saturated carbocycles. The molecule has 9 heteroatoms. The standard InChI is InChI=1S/C27H23ClN2O5S/c28-20-13-14-25-23(17-20)30(36(32,33)21-9-2-1-3-10-21)18-26(35-25)27(31)29-15-16-34-24-12-6-8-19-7-4-5-11-22(19)24/h1-14,17,26H,15-16,18H2,(H,29,31)/t26-/m1/s1. The third-order valence-corrected chi connectivity index (χ3v) is 7.85. The first-order valence-electron chi connectivity index (χ1n) is 11.4. The molecule has 36 heavy (non-hydrogen) atoms. The Bertz CT molecular complexity index is 1510. The van der Waals surface area contributed by atoms with Gasteiger partial charge >= 0.3 is 0 Å². The Hall–Kier alpha value is -3.75. The van der Waals surface area contributed by atoms with Gasteiger partial charge in [0.1, 0.15) is 18.1 Å². The second-order valence-corrected chi connectivity index (χ2v) is 10.5. The third kappa shape index (κ3) is 4.82. The van der Waals surface area contributed by atoms with E-state index in [4.69, 9.17) is 21.1 Å². The van der Waals surface area contributed by atoms with Crippen molar-refractivity contribution in [3.05, 3.63) is 96.0 Å². The number of halogens is 1. The number of hydrogen-bond acceptors (Lipinski definition) is 5. The lowest BCUT2D eigenvalue weighted by molar-refractivity contribution is -0.127. The molecule has 0 aliphatic carbocycles. The van der Waals surface area contributed by atoms with Gasteiger partial charge in [0, 0.05) is 10.4 Å². The van der Waals surface area contributed by atoms with Crippen LogP contribution >= 0.6 is 11.6 Å². The lowest BCUT2D eigenvalue weighted by atomic mass is 10.1. The zero-order valence-corrected chi connectivity index (χ0v) is 20.7. The SMILES string of the molecule is O=C(NCCOc1cccc2ccccc12)[C@H]1CN(S(=O)(=O)c2ccccc2)c2cc(Cl)ccc2O1. The highest BCUT2D eigenvalue weighted by molar-refractivity contribution is 7.92. The van der Waals surface area contributed by atoms with E-state index in [1.54, 1.807) is 30.3 Å². The molecule has 1 amide bonds. The summed E-state index contributed by atoms with van der Waals surface area (Å²) in [6, 6.07) is 26.4. The van der Waals surface area contributed by atoms with Gasteiger partial charge in [-0.1, -0.05) is 66.2 Å². The van der Waals surface area contributed by atoms with Crippen LogP contribution in [0.4, 0.5) is 5.69 Å². The first-order chi connectivity index (χ1) is 17.4. The van der Waals surface area contributed by atoms with E-state index < -0.39 is 22.0 Å². The molecule has 0 spiro atoms. The van der Waals surface area contributed by atoms with Crippen LogP contribution in [0.5, 0.6) is 11.5 Å². The van der Waals surface area contributed by atoms with Gasteiger partial charge in [0.15, 0.2) is 6.10 Å². The highest BCUT2D eigenvalue weighted by atomic mass is 35.5. The molecular formula is C27H23ClN2O5S. The zero-order valence-electron chi connectivity index (χ0n) is 19.1. The van der Waals surface area contributed by atoms with Gasteiger partial charge in [-0.2, -0.15) is 0 Å². The molecule has 4 aromatic rings. The number of nitrogens with zero attached hydrogens (tertiary/aromatic N) is 1. The Morgan fingerprint density at radius 1 is 1.00 bits per heavy atom. The van der Waals surface area contributed by atoms with E-state index in [1.165, 1.54) is 22.5 Å². The van der Waals surface area contributed by atoms with Crippen LogP contribution in [-0.2, 0) is 14.8 Å². The van der Waals surface area contributed by atoms with Crippen molar-refractivity contribution in [2.24, 2.45) is 0 Å². The van der Waals surface area contributed by atoms with Crippen molar-refractivity contribution in [1.82, 2.24) is 5.32 Å². The number of carbonyl (C=O) groups excluding carboxylic acids is 1. The number of rotatable bonds is 7. The van der Waals surface area contributed by atoms with Gasteiger partial charge in [0.2, 0.25) is 0 Å². The summed E-state index contributed by atoms with van der Waals surface area (Å²) in [7, 11) is -3.95. The number of benzene rings is 4. The number of anilines is 1. The Balaban J connectivity index is 1.29. The van der Waals surface area contributed by atoms with Crippen LogP contribution in [0.3, 0.4) is 0 Å². The zero-order chi connectivity index (χ0) is 25.1. The Labute approximate surface area is 214 Å². The molecule has 184 valence electrons. The molecule has 1 aliphatic rings. The maximum atomic E-state index is 13.4. The molecule has 1 N–H and O–H groups in total. The molecule has 0 unspecified atom stereocenters. The van der Waals surface area contributed by atoms with E-state index in [9.17, 15) is 13.2 Å². The summed E-state index contributed by atoms with van der Waals surface area (Å²) in [4.78, 5) is 13.1. The minimum absolute atomic E-state index is 0.112. The summed E-state index contributed by atoms with van der Waals surface area (Å²) in [6.07, 6.45) is -1.05. The van der Waals surface area contributed by atoms with Crippen LogP contribution in [0.15, 0.2) is 95.9 Å². The Kier molecular flexibility index (Phi) is 6.71.